The van der Waals surface area contributed by atoms with E-state index >= 15 is 0 Å². The van der Waals surface area contributed by atoms with Gasteiger partial charge in [0.1, 0.15) is 11.4 Å². The maximum Gasteiger partial charge on any atom is 0.259 e. The van der Waals surface area contributed by atoms with Gasteiger partial charge in [0.2, 0.25) is 0 Å². The van der Waals surface area contributed by atoms with Crippen molar-refractivity contribution in [2.75, 3.05) is 18.8 Å². The summed E-state index contributed by atoms with van der Waals surface area (Å²) in [6.07, 6.45) is 4.88. The zero-order chi connectivity index (χ0) is 9.97. The molecule has 0 radical (unpaired) electrons. The van der Waals surface area contributed by atoms with Crippen molar-refractivity contribution >= 4 is 11.7 Å². The Morgan fingerprint density at radius 3 is 2.71 bits per heavy atom. The Kier molecular flexibility index (Phi) is 2.39. The first-order chi connectivity index (χ1) is 6.79. The zero-order valence-corrected chi connectivity index (χ0v) is 7.99. The summed E-state index contributed by atoms with van der Waals surface area (Å²) < 4.78 is 0. The van der Waals surface area contributed by atoms with Crippen molar-refractivity contribution in [2.45, 2.75) is 19.3 Å². The number of aromatic amines is 1. The second-order valence-corrected chi connectivity index (χ2v) is 3.55. The number of piperidine rings is 1. The molecule has 0 aromatic carbocycles. The number of hydrogen-bond acceptors (Lipinski definition) is 3. The third-order valence-electron chi connectivity index (χ3n) is 2.54. The predicted octanol–water partition coefficient (Wildman–Crippen LogP) is 0.618. The van der Waals surface area contributed by atoms with Gasteiger partial charge in [0.15, 0.2) is 0 Å². The maximum atomic E-state index is 11.9. The number of likely N-dealkylation sites (tertiary alicyclic amines) is 1. The molecule has 5 heteroatoms. The van der Waals surface area contributed by atoms with Crippen LogP contribution in [0.5, 0.6) is 0 Å². The van der Waals surface area contributed by atoms with E-state index in [1.807, 2.05) is 4.90 Å². The Morgan fingerprint density at radius 2 is 2.14 bits per heavy atom. The fraction of sp³-hybridized carbons (Fsp3) is 0.556. The second-order valence-electron chi connectivity index (χ2n) is 3.55. The fourth-order valence-corrected chi connectivity index (χ4v) is 1.73. The summed E-state index contributed by atoms with van der Waals surface area (Å²) in [6, 6.07) is 0. The molecule has 0 unspecified atom stereocenters. The minimum Gasteiger partial charge on any atom is -0.383 e. The van der Waals surface area contributed by atoms with Gasteiger partial charge in [-0.25, -0.2) is 0 Å². The van der Waals surface area contributed by atoms with E-state index in [1.165, 1.54) is 12.6 Å². The molecule has 76 valence electrons. The number of amides is 1. The Hall–Kier alpha value is -1.52. The summed E-state index contributed by atoms with van der Waals surface area (Å²) in [7, 11) is 0. The number of aromatic nitrogens is 2. The lowest BCUT2D eigenvalue weighted by molar-refractivity contribution is 0.0725. The molecule has 0 aliphatic carbocycles. The third kappa shape index (κ3) is 1.57. The monoisotopic (exact) mass is 194 g/mol. The van der Waals surface area contributed by atoms with Crippen molar-refractivity contribution in [1.82, 2.24) is 15.1 Å². The van der Waals surface area contributed by atoms with Gasteiger partial charge >= 0.3 is 0 Å². The molecule has 1 saturated heterocycles. The highest BCUT2D eigenvalue weighted by Crippen LogP contribution is 2.15. The van der Waals surface area contributed by atoms with E-state index in [4.69, 9.17) is 5.73 Å². The first-order valence-corrected chi connectivity index (χ1v) is 4.87. The van der Waals surface area contributed by atoms with Gasteiger partial charge in [0.05, 0.1) is 6.20 Å². The average molecular weight is 194 g/mol. The van der Waals surface area contributed by atoms with Gasteiger partial charge in [-0.15, -0.1) is 0 Å². The van der Waals surface area contributed by atoms with Gasteiger partial charge < -0.3 is 10.6 Å². The van der Waals surface area contributed by atoms with E-state index in [9.17, 15) is 4.79 Å². The molecule has 0 bridgehead atoms. The average Bonchev–Trinajstić information content (AvgIpc) is 2.65. The van der Waals surface area contributed by atoms with Crippen LogP contribution in [0, 0.1) is 0 Å². The molecule has 2 heterocycles. The summed E-state index contributed by atoms with van der Waals surface area (Å²) in [5.41, 5.74) is 6.08. The summed E-state index contributed by atoms with van der Waals surface area (Å²) in [4.78, 5) is 13.7. The van der Waals surface area contributed by atoms with Crippen molar-refractivity contribution in [2.24, 2.45) is 0 Å². The number of nitrogens with two attached hydrogens (primary N) is 1. The smallest absolute Gasteiger partial charge is 0.259 e. The van der Waals surface area contributed by atoms with Crippen molar-refractivity contribution in [3.05, 3.63) is 11.8 Å². The first kappa shape index (κ1) is 9.05. The Labute approximate surface area is 82.3 Å². The Morgan fingerprint density at radius 1 is 1.43 bits per heavy atom. The van der Waals surface area contributed by atoms with E-state index < -0.39 is 0 Å². The molecule has 1 aliphatic heterocycles. The SMILES string of the molecule is Nc1[nH]ncc1C(=O)N1CCCCC1. The van der Waals surface area contributed by atoms with Crippen LogP contribution in [0.1, 0.15) is 29.6 Å². The molecule has 1 aromatic rings. The normalized spacial score (nSPS) is 17.0. The fourth-order valence-electron chi connectivity index (χ4n) is 1.73. The molecule has 1 amide bonds. The largest absolute Gasteiger partial charge is 0.383 e. The molecule has 3 N–H and O–H groups in total. The molecule has 1 fully saturated rings. The Balaban J connectivity index is 2.11. The second kappa shape index (κ2) is 3.69. The molecule has 2 rings (SSSR count). The molecule has 0 spiro atoms. The van der Waals surface area contributed by atoms with Crippen LogP contribution in [0.2, 0.25) is 0 Å². The van der Waals surface area contributed by atoms with Crippen LogP contribution in [-0.4, -0.2) is 34.1 Å². The summed E-state index contributed by atoms with van der Waals surface area (Å²) in [6.45, 7) is 1.67. The van der Waals surface area contributed by atoms with Crippen LogP contribution in [0.4, 0.5) is 5.82 Å². The van der Waals surface area contributed by atoms with Crippen LogP contribution in [-0.2, 0) is 0 Å². The molecule has 1 aliphatic rings. The van der Waals surface area contributed by atoms with E-state index in [2.05, 4.69) is 10.2 Å². The number of nitrogens with one attached hydrogen (secondary N) is 1. The zero-order valence-electron chi connectivity index (χ0n) is 7.99. The number of H-pyrrole nitrogens is 1. The predicted molar refractivity (Wildman–Crippen MR) is 52.8 cm³/mol. The number of anilines is 1. The lowest BCUT2D eigenvalue weighted by Crippen LogP contribution is -2.35. The molecule has 14 heavy (non-hydrogen) atoms. The molecule has 0 saturated carbocycles. The summed E-state index contributed by atoms with van der Waals surface area (Å²) >= 11 is 0. The van der Waals surface area contributed by atoms with Crippen LogP contribution >= 0.6 is 0 Å². The van der Waals surface area contributed by atoms with Gasteiger partial charge in [0.25, 0.3) is 5.91 Å². The standard InChI is InChI=1S/C9H14N4O/c10-8-7(6-11-12-8)9(14)13-4-2-1-3-5-13/h6H,1-5H2,(H3,10,11,12). The molecular formula is C9H14N4O. The van der Waals surface area contributed by atoms with E-state index in [0.29, 0.717) is 11.4 Å². The minimum atomic E-state index is -0.00375. The topological polar surface area (TPSA) is 75.0 Å². The van der Waals surface area contributed by atoms with Crippen LogP contribution in [0.3, 0.4) is 0 Å². The van der Waals surface area contributed by atoms with E-state index in [-0.39, 0.29) is 5.91 Å². The number of carbonyl (C=O) groups excluding carboxylic acids is 1. The first-order valence-electron chi connectivity index (χ1n) is 4.87. The van der Waals surface area contributed by atoms with Crippen LogP contribution in [0.15, 0.2) is 6.20 Å². The number of nitrogen functional groups attached to an aromatic ring is 1. The van der Waals surface area contributed by atoms with Gasteiger partial charge in [-0.05, 0) is 19.3 Å². The lowest BCUT2D eigenvalue weighted by Gasteiger charge is -2.26. The number of nitrogens with zero attached hydrogens (tertiary/aromatic N) is 2. The van der Waals surface area contributed by atoms with Gasteiger partial charge in [-0.2, -0.15) is 5.10 Å². The van der Waals surface area contributed by atoms with Crippen LogP contribution in [0.25, 0.3) is 0 Å². The lowest BCUT2D eigenvalue weighted by atomic mass is 10.1. The number of rotatable bonds is 1. The van der Waals surface area contributed by atoms with Crippen molar-refractivity contribution in [1.29, 1.82) is 0 Å². The minimum absolute atomic E-state index is 0.00375. The molecule has 1 aromatic heterocycles. The van der Waals surface area contributed by atoms with E-state index in [0.717, 1.165) is 25.9 Å². The molecule has 5 nitrogen and oxygen atoms in total. The van der Waals surface area contributed by atoms with Gasteiger partial charge in [-0.1, -0.05) is 0 Å². The van der Waals surface area contributed by atoms with Crippen molar-refractivity contribution < 1.29 is 4.79 Å². The summed E-state index contributed by atoms with van der Waals surface area (Å²) in [5, 5.41) is 6.31. The quantitative estimate of drug-likeness (QED) is 0.688. The van der Waals surface area contributed by atoms with E-state index in [1.54, 1.807) is 0 Å². The highest BCUT2D eigenvalue weighted by molar-refractivity contribution is 5.98. The van der Waals surface area contributed by atoms with Gasteiger partial charge in [-0.3, -0.25) is 9.89 Å². The highest BCUT2D eigenvalue weighted by atomic mass is 16.2. The Bertz CT molecular complexity index is 327. The third-order valence-corrected chi connectivity index (χ3v) is 2.54. The molecular weight excluding hydrogens is 180 g/mol. The number of carbonyl (C=O) groups is 1. The maximum absolute atomic E-state index is 11.9. The summed E-state index contributed by atoms with van der Waals surface area (Å²) in [5.74, 6) is 0.358. The number of hydrogen-bond donors (Lipinski definition) is 2. The highest BCUT2D eigenvalue weighted by Gasteiger charge is 2.20. The van der Waals surface area contributed by atoms with Gasteiger partial charge in [0, 0.05) is 13.1 Å². The van der Waals surface area contributed by atoms with Crippen molar-refractivity contribution in [3.63, 3.8) is 0 Å². The van der Waals surface area contributed by atoms with Crippen LogP contribution < -0.4 is 5.73 Å². The molecule has 0 atom stereocenters. The van der Waals surface area contributed by atoms with Crippen molar-refractivity contribution in [3.8, 4) is 0 Å².